The quantitative estimate of drug-likeness (QED) is 0.679. The molecule has 4 nitrogen and oxygen atoms in total. The summed E-state index contributed by atoms with van der Waals surface area (Å²) in [5.74, 6) is 0. The van der Waals surface area contributed by atoms with Gasteiger partial charge in [-0.15, -0.1) is 0 Å². The molecule has 1 amide bonds. The zero-order valence-electron chi connectivity index (χ0n) is 11.7. The van der Waals surface area contributed by atoms with Crippen LogP contribution in [0.1, 0.15) is 51.9 Å². The Morgan fingerprint density at radius 1 is 1.11 bits per heavy atom. The lowest BCUT2D eigenvalue weighted by Crippen LogP contribution is -2.35. The minimum atomic E-state index is -0.759. The fraction of sp³-hybridized carbons (Fsp3) is 0.929. The molecule has 0 unspecified atom stereocenters. The third-order valence-corrected chi connectivity index (χ3v) is 3.65. The zero-order valence-corrected chi connectivity index (χ0v) is 11.7. The molecule has 0 radical (unpaired) electrons. The van der Waals surface area contributed by atoms with E-state index in [2.05, 4.69) is 11.8 Å². The van der Waals surface area contributed by atoms with E-state index in [0.717, 1.165) is 32.2 Å². The molecular formula is C14H28N2O2. The summed E-state index contributed by atoms with van der Waals surface area (Å²) >= 11 is 0. The van der Waals surface area contributed by atoms with E-state index in [1.807, 2.05) is 0 Å². The minimum Gasteiger partial charge on any atom is -0.465 e. The number of hydrogen-bond acceptors (Lipinski definition) is 2. The van der Waals surface area contributed by atoms with E-state index in [-0.39, 0.29) is 0 Å². The molecule has 1 heterocycles. The maximum atomic E-state index is 11.1. The molecule has 106 valence electrons. The van der Waals surface area contributed by atoms with Crippen LogP contribution in [0.3, 0.4) is 0 Å². The maximum Gasteiger partial charge on any atom is 0.407 e. The van der Waals surface area contributed by atoms with E-state index < -0.39 is 6.09 Å². The minimum absolute atomic E-state index is 0.690. The molecule has 0 spiro atoms. The number of amides is 1. The summed E-state index contributed by atoms with van der Waals surface area (Å²) in [5.41, 5.74) is 0. The highest BCUT2D eigenvalue weighted by atomic mass is 16.4. The van der Waals surface area contributed by atoms with Gasteiger partial charge in [0.2, 0.25) is 0 Å². The number of hydrogen-bond donors (Lipinski definition) is 1. The van der Waals surface area contributed by atoms with Crippen LogP contribution in [-0.2, 0) is 0 Å². The van der Waals surface area contributed by atoms with Gasteiger partial charge in [-0.1, -0.05) is 26.2 Å². The second kappa shape index (κ2) is 9.20. The molecule has 0 aromatic heterocycles. The number of nitrogens with zero attached hydrogens (tertiary/aromatic N) is 2. The van der Waals surface area contributed by atoms with E-state index >= 15 is 0 Å². The standard InChI is InChI=1S/C14H28N2O2/c1-2-3-5-12-16(14(17)18)13-8-11-15-9-6-4-7-10-15/h2-13H2,1H3,(H,17,18). The third kappa shape index (κ3) is 6.24. The number of rotatable bonds is 8. The van der Waals surface area contributed by atoms with Crippen molar-refractivity contribution in [2.24, 2.45) is 0 Å². The molecule has 4 heteroatoms. The van der Waals surface area contributed by atoms with Crippen LogP contribution < -0.4 is 0 Å². The first kappa shape index (κ1) is 15.3. The number of carboxylic acid groups (broad SMARTS) is 1. The first-order valence-corrected chi connectivity index (χ1v) is 7.44. The Labute approximate surface area is 111 Å². The van der Waals surface area contributed by atoms with E-state index in [1.165, 1.54) is 32.4 Å². The van der Waals surface area contributed by atoms with E-state index in [4.69, 9.17) is 5.11 Å². The SMILES string of the molecule is CCCCCN(CCCN1CCCCC1)C(=O)O. The smallest absolute Gasteiger partial charge is 0.407 e. The molecular weight excluding hydrogens is 228 g/mol. The van der Waals surface area contributed by atoms with Gasteiger partial charge in [0.15, 0.2) is 0 Å². The van der Waals surface area contributed by atoms with Crippen LogP contribution in [0.2, 0.25) is 0 Å². The van der Waals surface area contributed by atoms with E-state index in [9.17, 15) is 4.79 Å². The molecule has 1 rings (SSSR count). The molecule has 1 aliphatic rings. The molecule has 0 aromatic rings. The lowest BCUT2D eigenvalue weighted by Gasteiger charge is -2.27. The molecule has 0 bridgehead atoms. The lowest BCUT2D eigenvalue weighted by atomic mass is 10.1. The predicted octanol–water partition coefficient (Wildman–Crippen LogP) is 3.03. The van der Waals surface area contributed by atoms with Gasteiger partial charge in [0.1, 0.15) is 0 Å². The largest absolute Gasteiger partial charge is 0.465 e. The number of carbonyl (C=O) groups is 1. The second-order valence-corrected chi connectivity index (χ2v) is 5.23. The highest BCUT2D eigenvalue weighted by Crippen LogP contribution is 2.09. The summed E-state index contributed by atoms with van der Waals surface area (Å²) in [6.45, 7) is 6.98. The molecule has 1 fully saturated rings. The van der Waals surface area contributed by atoms with Gasteiger partial charge in [-0.3, -0.25) is 0 Å². The van der Waals surface area contributed by atoms with Crippen LogP contribution in [-0.4, -0.2) is 53.7 Å². The maximum absolute atomic E-state index is 11.1. The van der Waals surface area contributed by atoms with Gasteiger partial charge >= 0.3 is 6.09 Å². The molecule has 18 heavy (non-hydrogen) atoms. The predicted molar refractivity (Wildman–Crippen MR) is 74.0 cm³/mol. The van der Waals surface area contributed by atoms with Crippen LogP contribution in [0, 0.1) is 0 Å². The van der Waals surface area contributed by atoms with Crippen molar-refractivity contribution in [2.75, 3.05) is 32.7 Å². The third-order valence-electron chi connectivity index (χ3n) is 3.65. The van der Waals surface area contributed by atoms with Gasteiger partial charge < -0.3 is 14.9 Å². The van der Waals surface area contributed by atoms with E-state index in [0.29, 0.717) is 13.1 Å². The van der Waals surface area contributed by atoms with Crippen molar-refractivity contribution in [2.45, 2.75) is 51.9 Å². The number of unbranched alkanes of at least 4 members (excludes halogenated alkanes) is 2. The zero-order chi connectivity index (χ0) is 13.2. The summed E-state index contributed by atoms with van der Waals surface area (Å²) in [6.07, 6.45) is 7.43. The van der Waals surface area contributed by atoms with Crippen molar-refractivity contribution in [3.8, 4) is 0 Å². The molecule has 0 atom stereocenters. The van der Waals surface area contributed by atoms with Crippen LogP contribution in [0.15, 0.2) is 0 Å². The monoisotopic (exact) mass is 256 g/mol. The van der Waals surface area contributed by atoms with Crippen LogP contribution in [0.5, 0.6) is 0 Å². The van der Waals surface area contributed by atoms with Crippen molar-refractivity contribution in [1.29, 1.82) is 0 Å². The van der Waals surface area contributed by atoms with Gasteiger partial charge in [-0.05, 0) is 45.3 Å². The highest BCUT2D eigenvalue weighted by molar-refractivity contribution is 5.64. The fourth-order valence-electron chi connectivity index (χ4n) is 2.52. The summed E-state index contributed by atoms with van der Waals surface area (Å²) in [6, 6.07) is 0. The summed E-state index contributed by atoms with van der Waals surface area (Å²) in [5, 5.41) is 9.12. The summed E-state index contributed by atoms with van der Waals surface area (Å²) in [7, 11) is 0. The van der Waals surface area contributed by atoms with Crippen molar-refractivity contribution in [3.05, 3.63) is 0 Å². The molecule has 1 saturated heterocycles. The van der Waals surface area contributed by atoms with Gasteiger partial charge in [-0.2, -0.15) is 0 Å². The second-order valence-electron chi connectivity index (χ2n) is 5.23. The van der Waals surface area contributed by atoms with Crippen molar-refractivity contribution < 1.29 is 9.90 Å². The lowest BCUT2D eigenvalue weighted by molar-refractivity contribution is 0.139. The van der Waals surface area contributed by atoms with Gasteiger partial charge in [0.05, 0.1) is 0 Å². The van der Waals surface area contributed by atoms with Crippen molar-refractivity contribution in [1.82, 2.24) is 9.80 Å². The Kier molecular flexibility index (Phi) is 7.81. The number of likely N-dealkylation sites (tertiary alicyclic amines) is 1. The Morgan fingerprint density at radius 2 is 1.78 bits per heavy atom. The number of piperidine rings is 1. The van der Waals surface area contributed by atoms with Gasteiger partial charge in [0.25, 0.3) is 0 Å². The molecule has 0 aliphatic carbocycles. The topological polar surface area (TPSA) is 43.8 Å². The van der Waals surface area contributed by atoms with Gasteiger partial charge in [-0.25, -0.2) is 4.79 Å². The first-order chi connectivity index (χ1) is 8.74. The molecule has 1 aliphatic heterocycles. The average Bonchev–Trinajstić information content (AvgIpc) is 2.38. The van der Waals surface area contributed by atoms with Gasteiger partial charge in [0, 0.05) is 13.1 Å². The van der Waals surface area contributed by atoms with Crippen molar-refractivity contribution in [3.63, 3.8) is 0 Å². The van der Waals surface area contributed by atoms with Crippen LogP contribution in [0.4, 0.5) is 4.79 Å². The van der Waals surface area contributed by atoms with Crippen LogP contribution >= 0.6 is 0 Å². The summed E-state index contributed by atoms with van der Waals surface area (Å²) in [4.78, 5) is 15.1. The molecule has 0 aromatic carbocycles. The van der Waals surface area contributed by atoms with Crippen molar-refractivity contribution >= 4 is 6.09 Å². The normalized spacial score (nSPS) is 16.7. The first-order valence-electron chi connectivity index (χ1n) is 7.44. The van der Waals surface area contributed by atoms with Crippen LogP contribution in [0.25, 0.3) is 0 Å². The molecule has 1 N–H and O–H groups in total. The highest BCUT2D eigenvalue weighted by Gasteiger charge is 2.13. The Balaban J connectivity index is 2.13. The Bertz CT molecular complexity index is 228. The Morgan fingerprint density at radius 3 is 2.39 bits per heavy atom. The molecule has 0 saturated carbocycles. The van der Waals surface area contributed by atoms with E-state index in [1.54, 1.807) is 4.90 Å². The Hall–Kier alpha value is -0.770. The average molecular weight is 256 g/mol. The fourth-order valence-corrected chi connectivity index (χ4v) is 2.52. The summed E-state index contributed by atoms with van der Waals surface area (Å²) < 4.78 is 0.